The Morgan fingerprint density at radius 3 is 1.84 bits per heavy atom. The number of ether oxygens (including phenoxy) is 1. The van der Waals surface area contributed by atoms with Gasteiger partial charge in [-0.25, -0.2) is 0 Å². The molecule has 4 N–H and O–H groups in total. The maximum atomic E-state index is 9.53. The lowest BCUT2D eigenvalue weighted by molar-refractivity contribution is -0.447. The van der Waals surface area contributed by atoms with Crippen LogP contribution < -0.4 is 0 Å². The minimum absolute atomic E-state index is 0.164. The molecule has 5 nitrogen and oxygen atoms in total. The van der Waals surface area contributed by atoms with Crippen LogP contribution in [0.25, 0.3) is 0 Å². The van der Waals surface area contributed by atoms with E-state index in [2.05, 4.69) is 18.2 Å². The van der Waals surface area contributed by atoms with Gasteiger partial charge in [0.2, 0.25) is 0 Å². The SMILES string of the molecule is C=COC(O)(O)C(O)(O)CCCCCCCCCC. The highest BCUT2D eigenvalue weighted by atomic mass is 16.8. The van der Waals surface area contributed by atoms with Gasteiger partial charge in [0.25, 0.3) is 5.79 Å². The second kappa shape index (κ2) is 9.31. The van der Waals surface area contributed by atoms with E-state index in [0.717, 1.165) is 25.5 Å². The number of hydrogen-bond donors (Lipinski definition) is 4. The van der Waals surface area contributed by atoms with E-state index < -0.39 is 11.8 Å². The molecule has 0 saturated heterocycles. The van der Waals surface area contributed by atoms with Crippen LogP contribution in [0.5, 0.6) is 0 Å². The third kappa shape index (κ3) is 7.52. The molecule has 0 aliphatic carbocycles. The van der Waals surface area contributed by atoms with Gasteiger partial charge in [-0.3, -0.25) is 0 Å². The van der Waals surface area contributed by atoms with Gasteiger partial charge in [0.1, 0.15) is 0 Å². The van der Waals surface area contributed by atoms with Gasteiger partial charge in [-0.15, -0.1) is 0 Å². The van der Waals surface area contributed by atoms with E-state index in [1.807, 2.05) is 0 Å². The van der Waals surface area contributed by atoms with Crippen LogP contribution in [-0.4, -0.2) is 32.2 Å². The summed E-state index contributed by atoms with van der Waals surface area (Å²) in [4.78, 5) is 0. The maximum Gasteiger partial charge on any atom is 0.378 e. The molecule has 0 aliphatic heterocycles. The van der Waals surface area contributed by atoms with Crippen molar-refractivity contribution in [1.29, 1.82) is 0 Å². The molecule has 0 atom stereocenters. The van der Waals surface area contributed by atoms with Crippen molar-refractivity contribution < 1.29 is 25.2 Å². The van der Waals surface area contributed by atoms with E-state index in [9.17, 15) is 20.4 Å². The summed E-state index contributed by atoms with van der Waals surface area (Å²) in [6.45, 7) is 5.31. The van der Waals surface area contributed by atoms with Gasteiger partial charge >= 0.3 is 5.97 Å². The van der Waals surface area contributed by atoms with Gasteiger partial charge in [0, 0.05) is 6.42 Å². The predicted octanol–water partition coefficient (Wildman–Crippen LogP) is 2.00. The summed E-state index contributed by atoms with van der Waals surface area (Å²) in [5.74, 6) is -5.71. The van der Waals surface area contributed by atoms with Crippen LogP contribution in [0, 0.1) is 0 Å². The zero-order valence-corrected chi connectivity index (χ0v) is 11.8. The van der Waals surface area contributed by atoms with Crippen LogP contribution in [0.4, 0.5) is 0 Å². The standard InChI is InChI=1S/C14H28O5/c1-3-5-6-7-8-9-10-11-12-13(15,16)14(17,18)19-4-2/h4,15-18H,2-3,5-12H2,1H3. The topological polar surface area (TPSA) is 90.2 Å². The number of rotatable bonds is 12. The molecule has 114 valence electrons. The van der Waals surface area contributed by atoms with Crippen LogP contribution in [0.1, 0.15) is 64.7 Å². The molecule has 0 spiro atoms. The van der Waals surface area contributed by atoms with E-state index in [1.54, 1.807) is 0 Å². The van der Waals surface area contributed by atoms with E-state index in [1.165, 1.54) is 25.7 Å². The highest BCUT2D eigenvalue weighted by molar-refractivity contribution is 4.76. The number of aliphatic hydroxyl groups is 4. The van der Waals surface area contributed by atoms with Gasteiger partial charge in [0.05, 0.1) is 6.26 Å². The molecule has 0 radical (unpaired) electrons. The van der Waals surface area contributed by atoms with Crippen LogP contribution >= 0.6 is 0 Å². The van der Waals surface area contributed by atoms with E-state index >= 15 is 0 Å². The van der Waals surface area contributed by atoms with Crippen LogP contribution in [-0.2, 0) is 4.74 Å². The largest absolute Gasteiger partial charge is 0.444 e. The molecule has 0 rings (SSSR count). The minimum atomic E-state index is -3.02. The monoisotopic (exact) mass is 276 g/mol. The zero-order chi connectivity index (χ0) is 14.8. The Kier molecular flexibility index (Phi) is 9.01. The lowest BCUT2D eigenvalue weighted by Crippen LogP contribution is -2.55. The van der Waals surface area contributed by atoms with Crippen molar-refractivity contribution >= 4 is 0 Å². The Morgan fingerprint density at radius 2 is 1.37 bits per heavy atom. The first-order valence-electron chi connectivity index (χ1n) is 7.05. The summed E-state index contributed by atoms with van der Waals surface area (Å²) >= 11 is 0. The Labute approximate surface area is 115 Å². The smallest absolute Gasteiger partial charge is 0.378 e. The fourth-order valence-corrected chi connectivity index (χ4v) is 1.88. The third-order valence-corrected chi connectivity index (χ3v) is 3.15. The first-order valence-corrected chi connectivity index (χ1v) is 7.05. The van der Waals surface area contributed by atoms with Gasteiger partial charge < -0.3 is 25.2 Å². The van der Waals surface area contributed by atoms with Crippen LogP contribution in [0.15, 0.2) is 12.8 Å². The Hall–Kier alpha value is -0.620. The molecule has 19 heavy (non-hydrogen) atoms. The minimum Gasteiger partial charge on any atom is -0.444 e. The summed E-state index contributed by atoms with van der Waals surface area (Å²) in [6.07, 6.45) is 8.94. The Morgan fingerprint density at radius 1 is 0.895 bits per heavy atom. The molecule has 0 bridgehead atoms. The molecule has 0 saturated carbocycles. The summed E-state index contributed by atoms with van der Waals surface area (Å²) in [5, 5.41) is 37.7. The molecule has 0 aromatic carbocycles. The number of hydrogen-bond acceptors (Lipinski definition) is 5. The first kappa shape index (κ1) is 18.4. The van der Waals surface area contributed by atoms with E-state index in [0.29, 0.717) is 6.42 Å². The highest BCUT2D eigenvalue weighted by Crippen LogP contribution is 2.25. The van der Waals surface area contributed by atoms with Crippen molar-refractivity contribution in [1.82, 2.24) is 0 Å². The molecule has 5 heteroatoms. The fourth-order valence-electron chi connectivity index (χ4n) is 1.88. The van der Waals surface area contributed by atoms with Gasteiger partial charge in [0.15, 0.2) is 0 Å². The van der Waals surface area contributed by atoms with Crippen molar-refractivity contribution in [2.24, 2.45) is 0 Å². The second-order valence-electron chi connectivity index (χ2n) is 4.93. The molecule has 0 aromatic heterocycles. The van der Waals surface area contributed by atoms with Crippen LogP contribution in [0.3, 0.4) is 0 Å². The summed E-state index contributed by atoms with van der Waals surface area (Å²) in [7, 11) is 0. The Bertz CT molecular complexity index is 238. The zero-order valence-electron chi connectivity index (χ0n) is 11.8. The quantitative estimate of drug-likeness (QED) is 0.249. The first-order chi connectivity index (χ1) is 8.87. The molecule has 0 unspecified atom stereocenters. The summed E-state index contributed by atoms with van der Waals surface area (Å²) < 4.78 is 4.29. The summed E-state index contributed by atoms with van der Waals surface area (Å²) in [6, 6.07) is 0. The molecule has 0 amide bonds. The van der Waals surface area contributed by atoms with Gasteiger partial charge in [-0.05, 0) is 6.42 Å². The lowest BCUT2D eigenvalue weighted by atomic mass is 10.0. The molecule has 0 fully saturated rings. The van der Waals surface area contributed by atoms with Gasteiger partial charge in [-0.2, -0.15) is 0 Å². The molecular formula is C14H28O5. The maximum absolute atomic E-state index is 9.53. The average molecular weight is 276 g/mol. The number of unbranched alkanes of at least 4 members (excludes halogenated alkanes) is 7. The van der Waals surface area contributed by atoms with E-state index in [4.69, 9.17) is 0 Å². The average Bonchev–Trinajstić information content (AvgIpc) is 2.32. The van der Waals surface area contributed by atoms with Crippen molar-refractivity contribution in [3.05, 3.63) is 12.8 Å². The molecule has 0 heterocycles. The second-order valence-corrected chi connectivity index (χ2v) is 4.93. The lowest BCUT2D eigenvalue weighted by Gasteiger charge is -2.33. The Balaban J connectivity index is 3.72. The summed E-state index contributed by atoms with van der Waals surface area (Å²) in [5.41, 5.74) is 0. The fraction of sp³-hybridized carbons (Fsp3) is 0.857. The van der Waals surface area contributed by atoms with Crippen LogP contribution in [0.2, 0.25) is 0 Å². The highest BCUT2D eigenvalue weighted by Gasteiger charge is 2.49. The third-order valence-electron chi connectivity index (χ3n) is 3.15. The van der Waals surface area contributed by atoms with Crippen molar-refractivity contribution in [3.8, 4) is 0 Å². The normalized spacial score (nSPS) is 12.5. The van der Waals surface area contributed by atoms with Crippen molar-refractivity contribution in [2.75, 3.05) is 0 Å². The van der Waals surface area contributed by atoms with Crippen molar-refractivity contribution in [2.45, 2.75) is 76.5 Å². The predicted molar refractivity (Wildman–Crippen MR) is 72.8 cm³/mol. The van der Waals surface area contributed by atoms with Crippen molar-refractivity contribution in [3.63, 3.8) is 0 Å². The van der Waals surface area contributed by atoms with Gasteiger partial charge in [-0.1, -0.05) is 58.4 Å². The molecule has 0 aliphatic rings. The molecular weight excluding hydrogens is 248 g/mol. The molecule has 0 aromatic rings. The van der Waals surface area contributed by atoms with E-state index in [-0.39, 0.29) is 6.42 Å².